The van der Waals surface area contributed by atoms with E-state index in [9.17, 15) is 9.90 Å². The van der Waals surface area contributed by atoms with Crippen LogP contribution < -0.4 is 0 Å². The quantitative estimate of drug-likeness (QED) is 0.763. The molecule has 0 aromatic rings. The van der Waals surface area contributed by atoms with Crippen molar-refractivity contribution in [1.29, 1.82) is 0 Å². The van der Waals surface area contributed by atoms with Gasteiger partial charge in [0.15, 0.2) is 0 Å². The topological polar surface area (TPSA) is 49.8 Å². The third kappa shape index (κ3) is 1.95. The van der Waals surface area contributed by atoms with Gasteiger partial charge in [0.25, 0.3) is 0 Å². The minimum Gasteiger partial charge on any atom is -0.453 e. The first-order valence-corrected chi connectivity index (χ1v) is 5.70. The molecule has 1 heterocycles. The second-order valence-corrected chi connectivity index (χ2v) is 4.67. The molecule has 0 radical (unpaired) electrons. The van der Waals surface area contributed by atoms with Gasteiger partial charge in [0.05, 0.1) is 7.11 Å². The molecule has 0 aromatic carbocycles. The monoisotopic (exact) mass is 213 g/mol. The number of ether oxygens (including phenoxy) is 1. The van der Waals surface area contributed by atoms with Crippen molar-refractivity contribution < 1.29 is 14.6 Å². The number of aliphatic hydroxyl groups excluding tert-OH is 1. The summed E-state index contributed by atoms with van der Waals surface area (Å²) in [5, 5.41) is 9.34. The Hall–Kier alpha value is -0.770. The maximum absolute atomic E-state index is 11.1. The zero-order valence-corrected chi connectivity index (χ0v) is 9.19. The number of likely N-dealkylation sites (tertiary alicyclic amines) is 1. The van der Waals surface area contributed by atoms with Crippen LogP contribution in [0.3, 0.4) is 0 Å². The Labute approximate surface area is 90.2 Å². The molecule has 1 saturated heterocycles. The molecule has 1 unspecified atom stereocenters. The van der Waals surface area contributed by atoms with Gasteiger partial charge in [-0.3, -0.25) is 0 Å². The first-order valence-electron chi connectivity index (χ1n) is 5.70. The number of aliphatic hydroxyl groups is 1. The molecule has 2 fully saturated rings. The first-order chi connectivity index (χ1) is 7.26. The van der Waals surface area contributed by atoms with Crippen LogP contribution in [0.4, 0.5) is 4.79 Å². The average molecular weight is 213 g/mol. The lowest BCUT2D eigenvalue weighted by Crippen LogP contribution is -2.55. The highest BCUT2D eigenvalue weighted by Crippen LogP contribution is 2.40. The van der Waals surface area contributed by atoms with E-state index in [0.717, 1.165) is 13.1 Å². The number of rotatable bonds is 3. The van der Waals surface area contributed by atoms with E-state index in [1.807, 2.05) is 0 Å². The Morgan fingerprint density at radius 1 is 1.47 bits per heavy atom. The second-order valence-electron chi connectivity index (χ2n) is 4.67. The van der Waals surface area contributed by atoms with Gasteiger partial charge in [-0.15, -0.1) is 0 Å². The molecule has 1 atom stereocenters. The van der Waals surface area contributed by atoms with Gasteiger partial charge >= 0.3 is 6.09 Å². The van der Waals surface area contributed by atoms with Crippen molar-refractivity contribution >= 4 is 6.09 Å². The summed E-state index contributed by atoms with van der Waals surface area (Å²) in [4.78, 5) is 12.8. The molecular formula is C11H19NO3. The van der Waals surface area contributed by atoms with Crippen molar-refractivity contribution in [3.63, 3.8) is 0 Å². The molecule has 0 bridgehead atoms. The van der Waals surface area contributed by atoms with Crippen molar-refractivity contribution in [2.24, 2.45) is 17.8 Å². The summed E-state index contributed by atoms with van der Waals surface area (Å²) in [6.07, 6.45) is 3.56. The molecule has 86 valence electrons. The number of methoxy groups -OCH3 is 1. The van der Waals surface area contributed by atoms with Crippen LogP contribution in [0.5, 0.6) is 0 Å². The predicted molar refractivity (Wildman–Crippen MR) is 55.4 cm³/mol. The van der Waals surface area contributed by atoms with Gasteiger partial charge in [-0.05, 0) is 17.8 Å². The van der Waals surface area contributed by atoms with Crippen LogP contribution in [-0.2, 0) is 4.74 Å². The standard InChI is InChI=1S/C11H19NO3/c1-15-11(14)12-5-9(6-12)10(7-13)8-3-2-4-8/h8-10,13H,2-7H2,1H3. The largest absolute Gasteiger partial charge is 0.453 e. The normalized spacial score (nSPS) is 24.3. The number of nitrogens with zero attached hydrogens (tertiary/aromatic N) is 1. The molecule has 1 N–H and O–H groups in total. The summed E-state index contributed by atoms with van der Waals surface area (Å²) >= 11 is 0. The zero-order valence-electron chi connectivity index (χ0n) is 9.19. The lowest BCUT2D eigenvalue weighted by molar-refractivity contribution is -0.00877. The molecule has 1 aliphatic carbocycles. The van der Waals surface area contributed by atoms with E-state index in [1.54, 1.807) is 4.90 Å². The summed E-state index contributed by atoms with van der Waals surface area (Å²) in [6, 6.07) is 0. The fraction of sp³-hybridized carbons (Fsp3) is 0.909. The van der Waals surface area contributed by atoms with E-state index in [4.69, 9.17) is 0 Å². The van der Waals surface area contributed by atoms with Crippen molar-refractivity contribution in [2.75, 3.05) is 26.8 Å². The van der Waals surface area contributed by atoms with Crippen molar-refractivity contribution in [3.8, 4) is 0 Å². The van der Waals surface area contributed by atoms with Crippen LogP contribution in [0.2, 0.25) is 0 Å². The second kappa shape index (κ2) is 4.39. The molecule has 2 aliphatic rings. The Balaban J connectivity index is 1.78. The third-order valence-corrected chi connectivity index (χ3v) is 3.91. The number of carbonyl (C=O) groups is 1. The number of amides is 1. The van der Waals surface area contributed by atoms with Gasteiger partial charge < -0.3 is 14.7 Å². The SMILES string of the molecule is COC(=O)N1CC(C(CO)C2CCC2)C1. The fourth-order valence-corrected chi connectivity index (χ4v) is 2.61. The van der Waals surface area contributed by atoms with Crippen molar-refractivity contribution in [2.45, 2.75) is 19.3 Å². The molecule has 4 heteroatoms. The molecule has 4 nitrogen and oxygen atoms in total. The van der Waals surface area contributed by atoms with Crippen LogP contribution >= 0.6 is 0 Å². The Morgan fingerprint density at radius 2 is 2.13 bits per heavy atom. The maximum atomic E-state index is 11.1. The van der Waals surface area contributed by atoms with Crippen LogP contribution in [0.15, 0.2) is 0 Å². The van der Waals surface area contributed by atoms with Gasteiger partial charge in [-0.1, -0.05) is 19.3 Å². The molecule has 15 heavy (non-hydrogen) atoms. The Bertz CT molecular complexity index is 234. The lowest BCUT2D eigenvalue weighted by atomic mass is 9.69. The van der Waals surface area contributed by atoms with Gasteiger partial charge in [-0.25, -0.2) is 4.79 Å². The van der Waals surface area contributed by atoms with E-state index in [1.165, 1.54) is 26.4 Å². The highest BCUT2D eigenvalue weighted by atomic mass is 16.5. The van der Waals surface area contributed by atoms with E-state index in [0.29, 0.717) is 17.8 Å². The minimum absolute atomic E-state index is 0.239. The maximum Gasteiger partial charge on any atom is 0.409 e. The van der Waals surface area contributed by atoms with Crippen LogP contribution in [-0.4, -0.2) is 42.9 Å². The summed E-state index contributed by atoms with van der Waals surface area (Å²) in [5.74, 6) is 1.58. The number of hydrogen-bond acceptors (Lipinski definition) is 3. The molecule has 2 rings (SSSR count). The highest BCUT2D eigenvalue weighted by molar-refractivity contribution is 5.68. The van der Waals surface area contributed by atoms with Crippen LogP contribution in [0.1, 0.15) is 19.3 Å². The molecule has 1 saturated carbocycles. The minimum atomic E-state index is -0.239. The van der Waals surface area contributed by atoms with E-state index < -0.39 is 0 Å². The number of hydrogen-bond donors (Lipinski definition) is 1. The van der Waals surface area contributed by atoms with E-state index in [2.05, 4.69) is 4.74 Å². The van der Waals surface area contributed by atoms with E-state index in [-0.39, 0.29) is 12.7 Å². The Morgan fingerprint density at radius 3 is 2.53 bits per heavy atom. The molecule has 1 aliphatic heterocycles. The summed E-state index contributed by atoms with van der Waals surface area (Å²) < 4.78 is 4.64. The van der Waals surface area contributed by atoms with Crippen LogP contribution in [0.25, 0.3) is 0 Å². The average Bonchev–Trinajstić information content (AvgIpc) is 2.10. The molecule has 0 aromatic heterocycles. The van der Waals surface area contributed by atoms with Gasteiger partial charge in [-0.2, -0.15) is 0 Å². The summed E-state index contributed by atoms with van der Waals surface area (Å²) in [7, 11) is 1.41. The van der Waals surface area contributed by atoms with Gasteiger partial charge in [0.2, 0.25) is 0 Å². The highest BCUT2D eigenvalue weighted by Gasteiger charge is 2.41. The summed E-state index contributed by atoms with van der Waals surface area (Å²) in [5.41, 5.74) is 0. The summed E-state index contributed by atoms with van der Waals surface area (Å²) in [6.45, 7) is 1.78. The van der Waals surface area contributed by atoms with Gasteiger partial charge in [0.1, 0.15) is 0 Å². The predicted octanol–water partition coefficient (Wildman–Crippen LogP) is 1.09. The van der Waals surface area contributed by atoms with Crippen molar-refractivity contribution in [1.82, 2.24) is 4.90 Å². The smallest absolute Gasteiger partial charge is 0.409 e. The fourth-order valence-electron chi connectivity index (χ4n) is 2.61. The molecule has 1 amide bonds. The molecule has 0 spiro atoms. The third-order valence-electron chi connectivity index (χ3n) is 3.91. The lowest BCUT2D eigenvalue weighted by Gasteiger charge is -2.46. The zero-order chi connectivity index (χ0) is 10.8. The first kappa shape index (κ1) is 10.7. The van der Waals surface area contributed by atoms with Crippen molar-refractivity contribution in [3.05, 3.63) is 0 Å². The Kier molecular flexibility index (Phi) is 3.14. The number of carbonyl (C=O) groups excluding carboxylic acids is 1. The molecular weight excluding hydrogens is 194 g/mol. The van der Waals surface area contributed by atoms with E-state index >= 15 is 0 Å². The van der Waals surface area contributed by atoms with Gasteiger partial charge in [0, 0.05) is 19.7 Å². The van der Waals surface area contributed by atoms with Crippen LogP contribution in [0, 0.1) is 17.8 Å².